The van der Waals surface area contributed by atoms with Gasteiger partial charge in [0, 0.05) is 11.1 Å². The molecule has 96 valence electrons. The molecule has 0 unspecified atom stereocenters. The molecule has 0 aliphatic rings. The fourth-order valence-electron chi connectivity index (χ4n) is 1.77. The van der Waals surface area contributed by atoms with E-state index in [2.05, 4.69) is 43.2 Å². The van der Waals surface area contributed by atoms with Crippen LogP contribution < -0.4 is 10.1 Å². The van der Waals surface area contributed by atoms with Crippen molar-refractivity contribution in [1.82, 2.24) is 4.98 Å². The van der Waals surface area contributed by atoms with E-state index in [0.29, 0.717) is 6.61 Å². The maximum Gasteiger partial charge on any atom is 0.182 e. The summed E-state index contributed by atoms with van der Waals surface area (Å²) in [5.74, 6) is 0.995. The van der Waals surface area contributed by atoms with Gasteiger partial charge in [-0.2, -0.15) is 0 Å². The van der Waals surface area contributed by atoms with Crippen molar-refractivity contribution in [2.75, 3.05) is 18.5 Å². The molecule has 2 aromatic rings. The van der Waals surface area contributed by atoms with E-state index in [0.717, 1.165) is 17.4 Å². The number of hydrogen-bond acceptors (Lipinski definition) is 4. The highest BCUT2D eigenvalue weighted by atomic mass is 32.1. The fraction of sp³-hybridized carbons (Fsp3) is 0.357. The molecule has 4 heteroatoms. The average molecular weight is 262 g/mol. The summed E-state index contributed by atoms with van der Waals surface area (Å²) < 4.78 is 5.81. The van der Waals surface area contributed by atoms with Crippen molar-refractivity contribution in [1.29, 1.82) is 0 Å². The number of aryl methyl sites for hydroxylation is 3. The summed E-state index contributed by atoms with van der Waals surface area (Å²) in [6.45, 7) is 7.60. The van der Waals surface area contributed by atoms with Crippen molar-refractivity contribution in [3.63, 3.8) is 0 Å². The number of benzene rings is 1. The third-order valence-electron chi connectivity index (χ3n) is 2.65. The van der Waals surface area contributed by atoms with Gasteiger partial charge in [-0.15, -0.1) is 11.3 Å². The van der Waals surface area contributed by atoms with Gasteiger partial charge >= 0.3 is 0 Å². The molecule has 0 fully saturated rings. The van der Waals surface area contributed by atoms with Crippen LogP contribution in [0.3, 0.4) is 0 Å². The zero-order chi connectivity index (χ0) is 13.0. The highest BCUT2D eigenvalue weighted by Gasteiger charge is 2.03. The Hall–Kier alpha value is -1.55. The lowest BCUT2D eigenvalue weighted by Crippen LogP contribution is -2.12. The molecule has 0 saturated carbocycles. The van der Waals surface area contributed by atoms with E-state index in [1.54, 1.807) is 11.3 Å². The minimum absolute atomic E-state index is 0.643. The molecule has 0 radical (unpaired) electrons. The highest BCUT2D eigenvalue weighted by molar-refractivity contribution is 7.15. The van der Waals surface area contributed by atoms with Gasteiger partial charge in [0.1, 0.15) is 12.4 Å². The van der Waals surface area contributed by atoms with Crippen molar-refractivity contribution in [3.05, 3.63) is 40.4 Å². The van der Waals surface area contributed by atoms with Gasteiger partial charge in [0.25, 0.3) is 0 Å². The van der Waals surface area contributed by atoms with Crippen LogP contribution in [0.4, 0.5) is 5.13 Å². The fourth-order valence-corrected chi connectivity index (χ4v) is 2.46. The topological polar surface area (TPSA) is 34.2 Å². The Morgan fingerprint density at radius 2 is 1.94 bits per heavy atom. The van der Waals surface area contributed by atoms with Crippen LogP contribution in [0.5, 0.6) is 5.75 Å². The van der Waals surface area contributed by atoms with E-state index < -0.39 is 0 Å². The molecule has 0 bridgehead atoms. The average Bonchev–Trinajstić information content (AvgIpc) is 2.73. The first-order chi connectivity index (χ1) is 8.66. The summed E-state index contributed by atoms with van der Waals surface area (Å²) in [5.41, 5.74) is 2.36. The van der Waals surface area contributed by atoms with Crippen molar-refractivity contribution in [3.8, 4) is 5.75 Å². The van der Waals surface area contributed by atoms with E-state index in [4.69, 9.17) is 4.74 Å². The van der Waals surface area contributed by atoms with Crippen molar-refractivity contribution >= 4 is 16.5 Å². The zero-order valence-corrected chi connectivity index (χ0v) is 11.8. The second-order valence-electron chi connectivity index (χ2n) is 4.27. The molecule has 2 rings (SSSR count). The van der Waals surface area contributed by atoms with Crippen molar-refractivity contribution in [2.24, 2.45) is 0 Å². The van der Waals surface area contributed by atoms with Gasteiger partial charge in [-0.25, -0.2) is 4.98 Å². The number of thiazole rings is 1. The lowest BCUT2D eigenvalue weighted by molar-refractivity contribution is 0.328. The highest BCUT2D eigenvalue weighted by Crippen LogP contribution is 2.22. The summed E-state index contributed by atoms with van der Waals surface area (Å²) in [7, 11) is 0. The van der Waals surface area contributed by atoms with E-state index in [1.165, 1.54) is 16.0 Å². The Balaban J connectivity index is 1.82. The second kappa shape index (κ2) is 5.87. The van der Waals surface area contributed by atoms with E-state index in [1.807, 2.05) is 12.3 Å². The van der Waals surface area contributed by atoms with Crippen LogP contribution in [-0.4, -0.2) is 18.1 Å². The van der Waals surface area contributed by atoms with Gasteiger partial charge in [-0.05, 0) is 31.9 Å². The van der Waals surface area contributed by atoms with Crippen LogP contribution in [0.2, 0.25) is 0 Å². The smallest absolute Gasteiger partial charge is 0.182 e. The van der Waals surface area contributed by atoms with Crippen LogP contribution in [0.15, 0.2) is 24.4 Å². The summed E-state index contributed by atoms with van der Waals surface area (Å²) in [5, 5.41) is 4.21. The largest absolute Gasteiger partial charge is 0.491 e. The van der Waals surface area contributed by atoms with E-state index in [-0.39, 0.29) is 0 Å². The van der Waals surface area contributed by atoms with Crippen LogP contribution in [0, 0.1) is 20.8 Å². The molecule has 1 aromatic carbocycles. The zero-order valence-electron chi connectivity index (χ0n) is 11.0. The standard InChI is InChI=1S/C14H18N2OS/c1-10-5-4-6-11(2)13(10)17-8-7-15-14-16-9-12(3)18-14/h4-6,9H,7-8H2,1-3H3,(H,15,16). The maximum absolute atomic E-state index is 5.81. The van der Waals surface area contributed by atoms with Gasteiger partial charge in [-0.1, -0.05) is 18.2 Å². The van der Waals surface area contributed by atoms with Gasteiger partial charge in [-0.3, -0.25) is 0 Å². The summed E-state index contributed by atoms with van der Waals surface area (Å²) in [6, 6.07) is 6.19. The number of rotatable bonds is 5. The number of anilines is 1. The molecule has 18 heavy (non-hydrogen) atoms. The van der Waals surface area contributed by atoms with Crippen molar-refractivity contribution in [2.45, 2.75) is 20.8 Å². The van der Waals surface area contributed by atoms with Crippen LogP contribution in [-0.2, 0) is 0 Å². The predicted molar refractivity (Wildman–Crippen MR) is 76.8 cm³/mol. The molecule has 0 aliphatic carbocycles. The lowest BCUT2D eigenvalue weighted by Gasteiger charge is -2.11. The maximum atomic E-state index is 5.81. The van der Waals surface area contributed by atoms with Crippen LogP contribution in [0.1, 0.15) is 16.0 Å². The minimum atomic E-state index is 0.643. The normalized spacial score (nSPS) is 10.4. The number of nitrogens with zero attached hydrogens (tertiary/aromatic N) is 1. The quantitative estimate of drug-likeness (QED) is 0.837. The van der Waals surface area contributed by atoms with Crippen LogP contribution >= 0.6 is 11.3 Å². The van der Waals surface area contributed by atoms with E-state index in [9.17, 15) is 0 Å². The third kappa shape index (κ3) is 3.23. The summed E-state index contributed by atoms with van der Waals surface area (Å²) >= 11 is 1.66. The van der Waals surface area contributed by atoms with Gasteiger partial charge in [0.2, 0.25) is 0 Å². The van der Waals surface area contributed by atoms with Gasteiger partial charge in [0.05, 0.1) is 6.54 Å². The van der Waals surface area contributed by atoms with Gasteiger partial charge < -0.3 is 10.1 Å². The third-order valence-corrected chi connectivity index (χ3v) is 3.53. The molecule has 1 heterocycles. The first-order valence-electron chi connectivity index (χ1n) is 6.02. The Kier molecular flexibility index (Phi) is 4.20. The monoisotopic (exact) mass is 262 g/mol. The molecule has 1 aromatic heterocycles. The number of nitrogens with one attached hydrogen (secondary N) is 1. The lowest BCUT2D eigenvalue weighted by atomic mass is 10.1. The van der Waals surface area contributed by atoms with E-state index >= 15 is 0 Å². The molecule has 0 aliphatic heterocycles. The number of hydrogen-bond donors (Lipinski definition) is 1. The summed E-state index contributed by atoms with van der Waals surface area (Å²) in [6.07, 6.45) is 1.87. The SMILES string of the molecule is Cc1cnc(NCCOc2c(C)cccc2C)s1. The first kappa shape index (κ1) is 12.9. The molecular formula is C14H18N2OS. The molecule has 0 amide bonds. The Morgan fingerprint density at radius 3 is 2.56 bits per heavy atom. The Morgan fingerprint density at radius 1 is 1.22 bits per heavy atom. The number of para-hydroxylation sites is 1. The van der Waals surface area contributed by atoms with Crippen LogP contribution in [0.25, 0.3) is 0 Å². The summed E-state index contributed by atoms with van der Waals surface area (Å²) in [4.78, 5) is 5.46. The molecular weight excluding hydrogens is 244 g/mol. The molecule has 0 atom stereocenters. The minimum Gasteiger partial charge on any atom is -0.491 e. The molecule has 0 saturated heterocycles. The molecule has 3 nitrogen and oxygen atoms in total. The Bertz CT molecular complexity index is 502. The molecule has 0 spiro atoms. The number of ether oxygens (including phenoxy) is 1. The van der Waals surface area contributed by atoms with Crippen molar-refractivity contribution < 1.29 is 4.74 Å². The predicted octanol–water partition coefficient (Wildman–Crippen LogP) is 3.56. The number of aromatic nitrogens is 1. The van der Waals surface area contributed by atoms with Gasteiger partial charge in [0.15, 0.2) is 5.13 Å². The molecule has 1 N–H and O–H groups in total. The Labute approximate surface area is 112 Å². The second-order valence-corrected chi connectivity index (χ2v) is 5.51. The first-order valence-corrected chi connectivity index (χ1v) is 6.84.